The molecule has 0 aromatic rings. The number of carboxylic acids is 1. The van der Waals surface area contributed by atoms with Crippen LogP contribution in [0.5, 0.6) is 0 Å². The zero-order chi connectivity index (χ0) is 11.0. The van der Waals surface area contributed by atoms with Crippen molar-refractivity contribution in [3.63, 3.8) is 0 Å². The Hall–Kier alpha value is -1.78. The molecule has 1 atom stereocenters. The van der Waals surface area contributed by atoms with Crippen LogP contribution in [0.4, 0.5) is 0 Å². The van der Waals surface area contributed by atoms with E-state index in [1.807, 2.05) is 0 Å². The lowest BCUT2D eigenvalue weighted by atomic mass is 9.83. The van der Waals surface area contributed by atoms with Crippen LogP contribution >= 0.6 is 0 Å². The number of rotatable bonds is 1. The minimum absolute atomic E-state index is 0.0498. The molecule has 1 aliphatic carbocycles. The van der Waals surface area contributed by atoms with E-state index in [1.165, 1.54) is 6.08 Å². The van der Waals surface area contributed by atoms with Crippen molar-refractivity contribution >= 4 is 23.4 Å². The summed E-state index contributed by atoms with van der Waals surface area (Å²) in [5.74, 6) is -2.70. The summed E-state index contributed by atoms with van der Waals surface area (Å²) in [6, 6.07) is 0. The van der Waals surface area contributed by atoms with Gasteiger partial charge in [-0.05, 0) is 18.9 Å². The van der Waals surface area contributed by atoms with Gasteiger partial charge in [0.25, 0.3) is 5.91 Å². The van der Waals surface area contributed by atoms with Gasteiger partial charge in [0.05, 0.1) is 5.92 Å². The third kappa shape index (κ3) is 1.60. The number of aliphatic imine (C=N–C) groups is 1. The average molecular weight is 207 g/mol. The van der Waals surface area contributed by atoms with E-state index in [0.29, 0.717) is 25.0 Å². The van der Waals surface area contributed by atoms with Gasteiger partial charge in [0, 0.05) is 12.1 Å². The molecule has 1 N–H and O–H groups in total. The molecule has 0 spiro atoms. The number of nitrogens with zero attached hydrogens (tertiary/aromatic N) is 1. The van der Waals surface area contributed by atoms with Gasteiger partial charge >= 0.3 is 5.97 Å². The van der Waals surface area contributed by atoms with Gasteiger partial charge in [-0.1, -0.05) is 0 Å². The van der Waals surface area contributed by atoms with E-state index in [1.54, 1.807) is 0 Å². The van der Waals surface area contributed by atoms with Crippen LogP contribution in [-0.4, -0.2) is 28.5 Å². The van der Waals surface area contributed by atoms with Gasteiger partial charge in [0.2, 0.25) is 0 Å². The smallest absolute Gasteiger partial charge is 0.341 e. The molecule has 1 heterocycles. The quantitative estimate of drug-likeness (QED) is 0.628. The fourth-order valence-electron chi connectivity index (χ4n) is 1.85. The van der Waals surface area contributed by atoms with Crippen molar-refractivity contribution in [2.45, 2.75) is 19.3 Å². The van der Waals surface area contributed by atoms with Crippen molar-refractivity contribution in [2.75, 3.05) is 0 Å². The highest BCUT2D eigenvalue weighted by molar-refractivity contribution is 6.24. The molecule has 0 radical (unpaired) electrons. The predicted molar refractivity (Wildman–Crippen MR) is 50.5 cm³/mol. The Bertz CT molecular complexity index is 419. The maximum Gasteiger partial charge on any atom is 0.341 e. The molecule has 5 heteroatoms. The molecule has 5 nitrogen and oxygen atoms in total. The van der Waals surface area contributed by atoms with Crippen LogP contribution in [0.3, 0.4) is 0 Å². The predicted octanol–water partition coefficient (Wildman–Crippen LogP) is 0.348. The van der Waals surface area contributed by atoms with Crippen LogP contribution in [-0.2, 0) is 14.4 Å². The summed E-state index contributed by atoms with van der Waals surface area (Å²) in [5, 5.41) is 8.72. The number of hydrogen-bond acceptors (Lipinski definition) is 3. The van der Waals surface area contributed by atoms with Crippen LogP contribution in [0, 0.1) is 5.92 Å². The molecule has 1 unspecified atom stereocenters. The van der Waals surface area contributed by atoms with Crippen LogP contribution in [0.1, 0.15) is 19.3 Å². The van der Waals surface area contributed by atoms with E-state index >= 15 is 0 Å². The highest BCUT2D eigenvalue weighted by Gasteiger charge is 2.33. The average Bonchev–Trinajstić information content (AvgIpc) is 2.16. The van der Waals surface area contributed by atoms with Crippen molar-refractivity contribution in [2.24, 2.45) is 10.9 Å². The Labute approximate surface area is 85.5 Å². The van der Waals surface area contributed by atoms with Crippen molar-refractivity contribution in [1.82, 2.24) is 0 Å². The molecule has 1 fully saturated rings. The summed E-state index contributed by atoms with van der Waals surface area (Å²) in [5.41, 5.74) is 0.125. The number of carbonyl (C=O) groups is 3. The number of allylic oxidation sites excluding steroid dienone is 1. The molecule has 1 amide bonds. The van der Waals surface area contributed by atoms with Crippen LogP contribution in [0.2, 0.25) is 0 Å². The Morgan fingerprint density at radius 3 is 2.80 bits per heavy atom. The minimum Gasteiger partial charge on any atom is -0.478 e. The van der Waals surface area contributed by atoms with E-state index < -0.39 is 17.8 Å². The first-order valence-corrected chi connectivity index (χ1v) is 4.69. The Morgan fingerprint density at radius 1 is 1.40 bits per heavy atom. The molecular formula is C10H9NO4. The summed E-state index contributed by atoms with van der Waals surface area (Å²) in [4.78, 5) is 37.1. The first kappa shape index (κ1) is 9.76. The highest BCUT2D eigenvalue weighted by atomic mass is 16.4. The van der Waals surface area contributed by atoms with Gasteiger partial charge in [-0.15, -0.1) is 0 Å². The number of hydrogen-bond donors (Lipinski definition) is 1. The molecule has 15 heavy (non-hydrogen) atoms. The van der Waals surface area contributed by atoms with Crippen LogP contribution in [0.25, 0.3) is 0 Å². The lowest BCUT2D eigenvalue weighted by molar-refractivity contribution is -0.134. The van der Waals surface area contributed by atoms with Gasteiger partial charge in [0.1, 0.15) is 11.4 Å². The fraction of sp³-hybridized carbons (Fsp3) is 0.400. The number of dihydropyridines is 1. The van der Waals surface area contributed by atoms with Crippen molar-refractivity contribution in [3.05, 3.63) is 11.6 Å². The van der Waals surface area contributed by atoms with Gasteiger partial charge in [-0.3, -0.25) is 9.59 Å². The normalized spacial score (nSPS) is 25.5. The second kappa shape index (κ2) is 3.42. The van der Waals surface area contributed by atoms with Crippen LogP contribution < -0.4 is 0 Å². The van der Waals surface area contributed by atoms with Crippen LogP contribution in [0.15, 0.2) is 16.6 Å². The number of carbonyl (C=O) groups excluding carboxylic acids is 2. The zero-order valence-corrected chi connectivity index (χ0v) is 7.90. The number of aliphatic carboxylic acids is 1. The van der Waals surface area contributed by atoms with E-state index in [0.717, 1.165) is 0 Å². The van der Waals surface area contributed by atoms with E-state index in [2.05, 4.69) is 4.99 Å². The monoisotopic (exact) mass is 207 g/mol. The summed E-state index contributed by atoms with van der Waals surface area (Å²) < 4.78 is 0. The second-order valence-corrected chi connectivity index (χ2v) is 3.59. The lowest BCUT2D eigenvalue weighted by Gasteiger charge is -2.23. The number of amides is 1. The van der Waals surface area contributed by atoms with Gasteiger partial charge in [0.15, 0.2) is 0 Å². The topological polar surface area (TPSA) is 83.8 Å². The minimum atomic E-state index is -1.32. The Kier molecular flexibility index (Phi) is 2.22. The summed E-state index contributed by atoms with van der Waals surface area (Å²) in [6.07, 6.45) is 2.96. The number of fused-ring (bicyclic) bond motifs is 1. The molecule has 0 bridgehead atoms. The van der Waals surface area contributed by atoms with Gasteiger partial charge < -0.3 is 5.11 Å². The molecule has 2 aliphatic rings. The van der Waals surface area contributed by atoms with Crippen molar-refractivity contribution in [3.8, 4) is 0 Å². The van der Waals surface area contributed by atoms with Gasteiger partial charge in [-0.2, -0.15) is 0 Å². The van der Waals surface area contributed by atoms with Gasteiger partial charge in [-0.25, -0.2) is 9.79 Å². The number of carboxylic acid groups (broad SMARTS) is 1. The zero-order valence-electron chi connectivity index (χ0n) is 7.90. The summed E-state index contributed by atoms with van der Waals surface area (Å²) in [7, 11) is 0. The maximum absolute atomic E-state index is 11.5. The Morgan fingerprint density at radius 2 is 2.13 bits per heavy atom. The largest absolute Gasteiger partial charge is 0.478 e. The molecule has 1 saturated carbocycles. The lowest BCUT2D eigenvalue weighted by Crippen LogP contribution is -2.32. The second-order valence-electron chi connectivity index (χ2n) is 3.59. The molecule has 0 aromatic heterocycles. The fourth-order valence-corrected chi connectivity index (χ4v) is 1.85. The molecule has 78 valence electrons. The van der Waals surface area contributed by atoms with E-state index in [-0.39, 0.29) is 11.4 Å². The highest BCUT2D eigenvalue weighted by Crippen LogP contribution is 2.25. The maximum atomic E-state index is 11.5. The first-order valence-electron chi connectivity index (χ1n) is 4.69. The molecule has 0 aromatic carbocycles. The standard InChI is InChI=1S/C10H9NO4/c12-8-3-1-2-7-5(8)4-6(10(14)15)9(13)11-7/h4-5H,1-3H2,(H,14,15). The summed E-state index contributed by atoms with van der Waals surface area (Å²) >= 11 is 0. The number of Topliss-reactive ketones (excluding diaryl/α,β-unsaturated/α-hetero) is 1. The SMILES string of the molecule is O=C(O)C1=CC2C(=O)CCCC2=NC1=O. The third-order valence-corrected chi connectivity index (χ3v) is 2.60. The molecule has 1 aliphatic heterocycles. The van der Waals surface area contributed by atoms with Crippen molar-refractivity contribution in [1.29, 1.82) is 0 Å². The Balaban J connectivity index is 2.38. The number of ketones is 1. The molecule has 2 rings (SSSR count). The van der Waals surface area contributed by atoms with E-state index in [4.69, 9.17) is 5.11 Å². The summed E-state index contributed by atoms with van der Waals surface area (Å²) in [6.45, 7) is 0. The molecular weight excluding hydrogens is 198 g/mol. The van der Waals surface area contributed by atoms with E-state index in [9.17, 15) is 14.4 Å². The van der Waals surface area contributed by atoms with Crippen molar-refractivity contribution < 1.29 is 19.5 Å². The molecule has 0 saturated heterocycles. The first-order chi connectivity index (χ1) is 7.09. The third-order valence-electron chi connectivity index (χ3n) is 2.60.